The third kappa shape index (κ3) is 5.66. The first kappa shape index (κ1) is 25.4. The smallest absolute Gasteiger partial charge is 0.342 e. The zero-order chi connectivity index (χ0) is 25.5. The number of carbonyl (C=O) groups is 2. The van der Waals surface area contributed by atoms with Gasteiger partial charge in [-0.1, -0.05) is 5.57 Å². The molecule has 0 aliphatic carbocycles. The van der Waals surface area contributed by atoms with Crippen LogP contribution in [0.3, 0.4) is 0 Å². The van der Waals surface area contributed by atoms with Crippen molar-refractivity contribution in [1.29, 1.82) is 0 Å². The van der Waals surface area contributed by atoms with E-state index in [4.69, 9.17) is 23.4 Å². The lowest BCUT2D eigenvalue weighted by atomic mass is 10.0. The van der Waals surface area contributed by atoms with Crippen LogP contribution in [0.5, 0.6) is 17.2 Å². The summed E-state index contributed by atoms with van der Waals surface area (Å²) in [6, 6.07) is 8.66. The molecule has 8 heteroatoms. The fraction of sp³-hybridized carbons (Fsp3) is 0.259. The second kappa shape index (κ2) is 11.3. The van der Waals surface area contributed by atoms with Gasteiger partial charge in [-0.05, 0) is 61.9 Å². The maximum atomic E-state index is 12.9. The van der Waals surface area contributed by atoms with Crippen LogP contribution in [0, 0.1) is 0 Å². The highest BCUT2D eigenvalue weighted by atomic mass is 16.5. The van der Waals surface area contributed by atoms with Gasteiger partial charge in [0.1, 0.15) is 17.9 Å². The Labute approximate surface area is 203 Å². The molecule has 0 radical (unpaired) electrons. The number of fused-ring (bicyclic) bond motifs is 1. The van der Waals surface area contributed by atoms with Gasteiger partial charge in [0.2, 0.25) is 0 Å². The third-order valence-electron chi connectivity index (χ3n) is 5.16. The van der Waals surface area contributed by atoms with Crippen LogP contribution in [-0.4, -0.2) is 47.0 Å². The third-order valence-corrected chi connectivity index (χ3v) is 5.16. The molecule has 184 valence electrons. The molecule has 0 bridgehead atoms. The van der Waals surface area contributed by atoms with Gasteiger partial charge in [-0.15, -0.1) is 0 Å². The van der Waals surface area contributed by atoms with Gasteiger partial charge in [0, 0.05) is 17.0 Å². The molecule has 0 saturated heterocycles. The molecular formula is C27H28O8. The fourth-order valence-corrected chi connectivity index (χ4v) is 3.40. The van der Waals surface area contributed by atoms with E-state index in [2.05, 4.69) is 4.74 Å². The highest BCUT2D eigenvalue weighted by molar-refractivity contribution is 6.10. The number of hydrogen-bond acceptors (Lipinski definition) is 8. The molecule has 0 spiro atoms. The lowest BCUT2D eigenvalue weighted by Crippen LogP contribution is -2.02. The minimum atomic E-state index is -0.585. The first-order valence-corrected chi connectivity index (χ1v) is 10.8. The van der Waals surface area contributed by atoms with Gasteiger partial charge in [-0.2, -0.15) is 0 Å². The average Bonchev–Trinajstić information content (AvgIpc) is 3.25. The summed E-state index contributed by atoms with van der Waals surface area (Å²) in [5.74, 6) is 0.610. The van der Waals surface area contributed by atoms with E-state index in [-0.39, 0.29) is 11.3 Å². The normalized spacial score (nSPS) is 10.8. The number of furan rings is 1. The van der Waals surface area contributed by atoms with Crippen molar-refractivity contribution < 1.29 is 37.7 Å². The van der Waals surface area contributed by atoms with Crippen molar-refractivity contribution in [3.63, 3.8) is 0 Å². The first-order valence-electron chi connectivity index (χ1n) is 10.8. The molecular weight excluding hydrogens is 452 g/mol. The van der Waals surface area contributed by atoms with E-state index in [1.54, 1.807) is 36.4 Å². The number of rotatable bonds is 9. The van der Waals surface area contributed by atoms with E-state index in [0.717, 1.165) is 5.57 Å². The SMILES string of the molecule is COC(=O)/C=C/c1cc(OC)c2oc(-c3ccc(OCC=C(C)C)c(OC)c3)c(C(=O)OC)c2c1. The van der Waals surface area contributed by atoms with Gasteiger partial charge in [0.05, 0.1) is 28.4 Å². The molecule has 1 heterocycles. The molecule has 0 aliphatic rings. The number of allylic oxidation sites excluding steroid dienone is 1. The summed E-state index contributed by atoms with van der Waals surface area (Å²) in [5.41, 5.74) is 2.91. The van der Waals surface area contributed by atoms with Crippen molar-refractivity contribution >= 4 is 29.0 Å². The number of carbonyl (C=O) groups excluding carboxylic acids is 2. The maximum absolute atomic E-state index is 12.9. The van der Waals surface area contributed by atoms with Crippen molar-refractivity contribution in [2.24, 2.45) is 0 Å². The summed E-state index contributed by atoms with van der Waals surface area (Å²) in [7, 11) is 5.62. The molecule has 3 aromatic rings. The molecule has 0 amide bonds. The topological polar surface area (TPSA) is 93.4 Å². The lowest BCUT2D eigenvalue weighted by molar-refractivity contribution is -0.134. The van der Waals surface area contributed by atoms with Crippen LogP contribution in [-0.2, 0) is 14.3 Å². The van der Waals surface area contributed by atoms with E-state index in [1.165, 1.54) is 34.5 Å². The Kier molecular flexibility index (Phi) is 8.20. The van der Waals surface area contributed by atoms with Crippen molar-refractivity contribution in [2.45, 2.75) is 13.8 Å². The molecule has 0 unspecified atom stereocenters. The zero-order valence-corrected chi connectivity index (χ0v) is 20.6. The van der Waals surface area contributed by atoms with Crippen LogP contribution in [0.1, 0.15) is 29.8 Å². The van der Waals surface area contributed by atoms with E-state index >= 15 is 0 Å². The van der Waals surface area contributed by atoms with Crippen LogP contribution in [0.2, 0.25) is 0 Å². The summed E-state index contributed by atoms with van der Waals surface area (Å²) in [5, 5.41) is 0.471. The van der Waals surface area contributed by atoms with Gasteiger partial charge < -0.3 is 28.1 Å². The molecule has 8 nitrogen and oxygen atoms in total. The number of methoxy groups -OCH3 is 4. The summed E-state index contributed by atoms with van der Waals surface area (Å²) >= 11 is 0. The molecule has 0 fully saturated rings. The Morgan fingerprint density at radius 1 is 0.914 bits per heavy atom. The van der Waals surface area contributed by atoms with Gasteiger partial charge in [-0.3, -0.25) is 0 Å². The Balaban J connectivity index is 2.17. The van der Waals surface area contributed by atoms with Gasteiger partial charge in [0.15, 0.2) is 22.8 Å². The molecule has 0 aliphatic heterocycles. The predicted octanol–water partition coefficient (Wildman–Crippen LogP) is 5.43. The van der Waals surface area contributed by atoms with Crippen LogP contribution in [0.4, 0.5) is 0 Å². The summed E-state index contributed by atoms with van der Waals surface area (Å²) in [6.45, 7) is 4.38. The van der Waals surface area contributed by atoms with Crippen LogP contribution in [0.25, 0.3) is 28.4 Å². The maximum Gasteiger partial charge on any atom is 0.342 e. The van der Waals surface area contributed by atoms with E-state index in [9.17, 15) is 9.59 Å². The number of ether oxygens (including phenoxy) is 5. The van der Waals surface area contributed by atoms with Crippen molar-refractivity contribution in [3.05, 3.63) is 59.2 Å². The predicted molar refractivity (Wildman–Crippen MR) is 132 cm³/mol. The van der Waals surface area contributed by atoms with Crippen LogP contribution < -0.4 is 14.2 Å². The molecule has 0 N–H and O–H groups in total. The van der Waals surface area contributed by atoms with Crippen molar-refractivity contribution in [3.8, 4) is 28.6 Å². The number of hydrogen-bond donors (Lipinski definition) is 0. The molecule has 2 aromatic carbocycles. The number of esters is 2. The molecule has 0 saturated carbocycles. The quantitative estimate of drug-likeness (QED) is 0.227. The van der Waals surface area contributed by atoms with Gasteiger partial charge >= 0.3 is 11.9 Å². The van der Waals surface area contributed by atoms with E-state index in [1.807, 2.05) is 19.9 Å². The number of benzene rings is 2. The molecule has 0 atom stereocenters. The largest absolute Gasteiger partial charge is 0.493 e. The standard InChI is InChI=1S/C27H28O8/c1-16(2)11-12-34-20-9-8-18(15-21(20)30-3)25-24(27(29)33-6)19-13-17(7-10-23(28)32-5)14-22(31-4)26(19)35-25/h7-11,13-15H,12H2,1-6H3/b10-7+. The first-order chi connectivity index (χ1) is 16.8. The van der Waals surface area contributed by atoms with Crippen LogP contribution >= 0.6 is 0 Å². The highest BCUT2D eigenvalue weighted by Gasteiger charge is 2.26. The Morgan fingerprint density at radius 3 is 2.29 bits per heavy atom. The minimum absolute atomic E-state index is 0.217. The highest BCUT2D eigenvalue weighted by Crippen LogP contribution is 2.41. The lowest BCUT2D eigenvalue weighted by Gasteiger charge is -2.11. The fourth-order valence-electron chi connectivity index (χ4n) is 3.40. The minimum Gasteiger partial charge on any atom is -0.493 e. The van der Waals surface area contributed by atoms with Gasteiger partial charge in [0.25, 0.3) is 0 Å². The second-order valence-electron chi connectivity index (χ2n) is 7.71. The summed E-state index contributed by atoms with van der Waals surface area (Å²) in [4.78, 5) is 24.4. The average molecular weight is 481 g/mol. The Bertz CT molecular complexity index is 1290. The summed E-state index contributed by atoms with van der Waals surface area (Å²) < 4.78 is 32.7. The monoisotopic (exact) mass is 480 g/mol. The van der Waals surface area contributed by atoms with E-state index in [0.29, 0.717) is 46.0 Å². The summed E-state index contributed by atoms with van der Waals surface area (Å²) in [6.07, 6.45) is 4.79. The Hall–Kier alpha value is -4.20. The van der Waals surface area contributed by atoms with Gasteiger partial charge in [-0.25, -0.2) is 9.59 Å². The molecule has 3 rings (SSSR count). The zero-order valence-electron chi connectivity index (χ0n) is 20.6. The van der Waals surface area contributed by atoms with Crippen LogP contribution in [0.15, 0.2) is 52.5 Å². The molecule has 1 aromatic heterocycles. The van der Waals surface area contributed by atoms with Crippen molar-refractivity contribution in [2.75, 3.05) is 35.0 Å². The van der Waals surface area contributed by atoms with Crippen molar-refractivity contribution in [1.82, 2.24) is 0 Å². The second-order valence-corrected chi connectivity index (χ2v) is 7.71. The Morgan fingerprint density at radius 2 is 1.66 bits per heavy atom. The van der Waals surface area contributed by atoms with E-state index < -0.39 is 11.9 Å². The molecule has 35 heavy (non-hydrogen) atoms.